The van der Waals surface area contributed by atoms with Gasteiger partial charge < -0.3 is 10.1 Å². The van der Waals surface area contributed by atoms with Gasteiger partial charge in [-0.1, -0.05) is 67.4 Å². The Labute approximate surface area is 129 Å². The second-order valence-corrected chi connectivity index (χ2v) is 6.87. The van der Waals surface area contributed by atoms with Gasteiger partial charge in [0.05, 0.1) is 7.11 Å². The number of carbonyl (C=O) groups is 2. The van der Waals surface area contributed by atoms with E-state index in [1.807, 2.05) is 0 Å². The maximum absolute atomic E-state index is 11.8. The van der Waals surface area contributed by atoms with Gasteiger partial charge in [0.2, 0.25) is 0 Å². The summed E-state index contributed by atoms with van der Waals surface area (Å²) in [5.41, 5.74) is -1.18. The molecule has 0 fully saturated rings. The third-order valence-electron chi connectivity index (χ3n) is 2.81. The highest BCUT2D eigenvalue weighted by atomic mass is 35.6. The van der Waals surface area contributed by atoms with Crippen LogP contribution in [0.25, 0.3) is 0 Å². The Kier molecular flexibility index (Phi) is 8.09. The van der Waals surface area contributed by atoms with E-state index < -0.39 is 21.2 Å². The molecule has 1 amide bonds. The van der Waals surface area contributed by atoms with E-state index in [0.29, 0.717) is 6.42 Å². The summed E-state index contributed by atoms with van der Waals surface area (Å²) in [5.74, 6) is -1.38. The lowest BCUT2D eigenvalue weighted by Crippen LogP contribution is -2.55. The van der Waals surface area contributed by atoms with Gasteiger partial charge in [0.15, 0.2) is 0 Å². The van der Waals surface area contributed by atoms with Crippen molar-refractivity contribution in [2.45, 2.75) is 55.3 Å². The van der Waals surface area contributed by atoms with Crippen molar-refractivity contribution in [1.82, 2.24) is 5.32 Å². The molecule has 0 spiro atoms. The molecule has 0 rings (SSSR count). The van der Waals surface area contributed by atoms with Crippen molar-refractivity contribution >= 4 is 46.7 Å². The summed E-state index contributed by atoms with van der Waals surface area (Å²) in [6.07, 6.45) is 4.32. The molecular formula is C12H20Cl3NO3. The molecule has 0 radical (unpaired) electrons. The van der Waals surface area contributed by atoms with Crippen LogP contribution in [0.4, 0.5) is 0 Å². The summed E-state index contributed by atoms with van der Waals surface area (Å²) >= 11 is 16.5. The lowest BCUT2D eigenvalue weighted by atomic mass is 9.94. The standard InChI is InChI=1S/C12H20Cl3NO3/c1-4-5-6-7-8-11(2,10(18)19-3)16-9(17)12(13,14)15/h4-8H2,1-3H3,(H,16,17)/t11-/m1/s1. The van der Waals surface area contributed by atoms with E-state index in [1.54, 1.807) is 6.92 Å². The van der Waals surface area contributed by atoms with Gasteiger partial charge in [-0.3, -0.25) is 4.79 Å². The molecule has 0 aromatic heterocycles. The Morgan fingerprint density at radius 2 is 1.74 bits per heavy atom. The average Bonchev–Trinajstić information content (AvgIpc) is 2.32. The fourth-order valence-electron chi connectivity index (χ4n) is 1.67. The molecule has 1 atom stereocenters. The first-order valence-electron chi connectivity index (χ1n) is 6.15. The smallest absolute Gasteiger partial charge is 0.331 e. The minimum absolute atomic E-state index is 0.437. The van der Waals surface area contributed by atoms with Gasteiger partial charge in [-0.15, -0.1) is 0 Å². The van der Waals surface area contributed by atoms with E-state index in [4.69, 9.17) is 39.5 Å². The lowest BCUT2D eigenvalue weighted by molar-refractivity contribution is -0.150. The van der Waals surface area contributed by atoms with Crippen LogP contribution in [0.15, 0.2) is 0 Å². The number of hydrogen-bond donors (Lipinski definition) is 1. The van der Waals surface area contributed by atoms with E-state index in [1.165, 1.54) is 7.11 Å². The first-order valence-corrected chi connectivity index (χ1v) is 7.28. The van der Waals surface area contributed by atoms with Crippen LogP contribution >= 0.6 is 34.8 Å². The number of esters is 1. The SMILES string of the molecule is CCCCCC[C@@](C)(NC(=O)C(Cl)(Cl)Cl)C(=O)OC. The van der Waals surface area contributed by atoms with Crippen molar-refractivity contribution in [3.63, 3.8) is 0 Å². The predicted octanol–water partition coefficient (Wildman–Crippen LogP) is 3.37. The van der Waals surface area contributed by atoms with Crippen LogP contribution in [0, 0.1) is 0 Å². The summed E-state index contributed by atoms with van der Waals surface area (Å²) in [6, 6.07) is 0. The van der Waals surface area contributed by atoms with Crippen molar-refractivity contribution < 1.29 is 14.3 Å². The zero-order valence-corrected chi connectivity index (χ0v) is 13.7. The molecular weight excluding hydrogens is 312 g/mol. The highest BCUT2D eigenvalue weighted by Crippen LogP contribution is 2.28. The summed E-state index contributed by atoms with van der Waals surface area (Å²) < 4.78 is 2.60. The fourth-order valence-corrected chi connectivity index (χ4v) is 1.81. The Balaban J connectivity index is 4.69. The summed E-state index contributed by atoms with van der Waals surface area (Å²) in [7, 11) is 1.26. The second-order valence-electron chi connectivity index (χ2n) is 4.59. The number of unbranched alkanes of at least 4 members (excludes halogenated alkanes) is 3. The Morgan fingerprint density at radius 1 is 1.16 bits per heavy atom. The number of ether oxygens (including phenoxy) is 1. The van der Waals surface area contributed by atoms with Gasteiger partial charge in [0.25, 0.3) is 9.70 Å². The molecule has 7 heteroatoms. The zero-order chi connectivity index (χ0) is 15.1. The van der Waals surface area contributed by atoms with Gasteiger partial charge in [0, 0.05) is 0 Å². The van der Waals surface area contributed by atoms with Gasteiger partial charge in [-0.05, 0) is 13.3 Å². The molecule has 19 heavy (non-hydrogen) atoms. The Hall–Kier alpha value is -0.190. The van der Waals surface area contributed by atoms with E-state index in [9.17, 15) is 9.59 Å². The fraction of sp³-hybridized carbons (Fsp3) is 0.833. The van der Waals surface area contributed by atoms with Gasteiger partial charge >= 0.3 is 5.97 Å². The van der Waals surface area contributed by atoms with Crippen LogP contribution in [0.3, 0.4) is 0 Å². The Bertz CT molecular complexity index is 318. The monoisotopic (exact) mass is 331 g/mol. The molecule has 112 valence electrons. The van der Waals surface area contributed by atoms with Crippen LogP contribution in [-0.4, -0.2) is 28.3 Å². The van der Waals surface area contributed by atoms with Crippen LogP contribution in [0.5, 0.6) is 0 Å². The van der Waals surface area contributed by atoms with Crippen LogP contribution in [-0.2, 0) is 14.3 Å². The van der Waals surface area contributed by atoms with Gasteiger partial charge in [0.1, 0.15) is 5.54 Å². The second kappa shape index (κ2) is 8.18. The Morgan fingerprint density at radius 3 is 2.16 bits per heavy atom. The minimum Gasteiger partial charge on any atom is -0.467 e. The molecule has 0 aliphatic rings. The number of methoxy groups -OCH3 is 1. The largest absolute Gasteiger partial charge is 0.467 e. The first kappa shape index (κ1) is 18.8. The number of amides is 1. The molecule has 0 aromatic rings. The predicted molar refractivity (Wildman–Crippen MR) is 77.6 cm³/mol. The number of nitrogens with one attached hydrogen (secondary N) is 1. The summed E-state index contributed by atoms with van der Waals surface area (Å²) in [4.78, 5) is 23.5. The van der Waals surface area contributed by atoms with Crippen LogP contribution in [0.1, 0.15) is 46.0 Å². The van der Waals surface area contributed by atoms with Gasteiger partial charge in [-0.25, -0.2) is 4.79 Å². The van der Waals surface area contributed by atoms with Crippen molar-refractivity contribution in [3.8, 4) is 0 Å². The molecule has 0 aliphatic heterocycles. The maximum Gasteiger partial charge on any atom is 0.331 e. The molecule has 0 aliphatic carbocycles. The molecule has 0 saturated heterocycles. The van der Waals surface area contributed by atoms with Crippen molar-refractivity contribution in [2.75, 3.05) is 7.11 Å². The average molecular weight is 333 g/mol. The summed E-state index contributed by atoms with van der Waals surface area (Å²) in [5, 5.41) is 2.45. The molecule has 0 aromatic carbocycles. The maximum atomic E-state index is 11.8. The summed E-state index contributed by atoms with van der Waals surface area (Å²) in [6.45, 7) is 3.66. The minimum atomic E-state index is -2.10. The first-order chi connectivity index (χ1) is 8.67. The van der Waals surface area contributed by atoms with Crippen LogP contribution < -0.4 is 5.32 Å². The normalized spacial score (nSPS) is 14.6. The molecule has 0 heterocycles. The highest BCUT2D eigenvalue weighted by molar-refractivity contribution is 6.76. The van der Waals surface area contributed by atoms with Gasteiger partial charge in [-0.2, -0.15) is 0 Å². The number of rotatable bonds is 7. The zero-order valence-electron chi connectivity index (χ0n) is 11.4. The number of hydrogen-bond acceptors (Lipinski definition) is 3. The third kappa shape index (κ3) is 6.68. The molecule has 0 saturated carbocycles. The number of alkyl halides is 3. The molecule has 1 N–H and O–H groups in total. The van der Waals surface area contributed by atoms with E-state index in [0.717, 1.165) is 25.7 Å². The highest BCUT2D eigenvalue weighted by Gasteiger charge is 2.41. The quantitative estimate of drug-likeness (QED) is 0.442. The van der Waals surface area contributed by atoms with Crippen LogP contribution in [0.2, 0.25) is 0 Å². The van der Waals surface area contributed by atoms with Crippen molar-refractivity contribution in [1.29, 1.82) is 0 Å². The van der Waals surface area contributed by atoms with Crippen molar-refractivity contribution in [2.24, 2.45) is 0 Å². The van der Waals surface area contributed by atoms with E-state index in [-0.39, 0.29) is 0 Å². The van der Waals surface area contributed by atoms with E-state index >= 15 is 0 Å². The topological polar surface area (TPSA) is 55.4 Å². The number of halogens is 3. The van der Waals surface area contributed by atoms with E-state index in [2.05, 4.69) is 12.2 Å². The number of carbonyl (C=O) groups excluding carboxylic acids is 2. The molecule has 4 nitrogen and oxygen atoms in total. The third-order valence-corrected chi connectivity index (χ3v) is 3.33. The lowest BCUT2D eigenvalue weighted by Gasteiger charge is -2.29. The van der Waals surface area contributed by atoms with Crippen molar-refractivity contribution in [3.05, 3.63) is 0 Å². The molecule has 0 bridgehead atoms. The molecule has 0 unspecified atom stereocenters.